The molecular weight excluding hydrogens is 302 g/mol. The number of nitrogens with zero attached hydrogens (tertiary/aromatic N) is 3. The summed E-state index contributed by atoms with van der Waals surface area (Å²) in [5, 5.41) is 2.90. The van der Waals surface area contributed by atoms with Crippen LogP contribution >= 0.6 is 0 Å². The van der Waals surface area contributed by atoms with Crippen molar-refractivity contribution in [2.24, 2.45) is 0 Å². The van der Waals surface area contributed by atoms with Gasteiger partial charge in [0.25, 0.3) is 5.91 Å². The minimum atomic E-state index is -0.184. The molecule has 0 bridgehead atoms. The van der Waals surface area contributed by atoms with Gasteiger partial charge in [-0.1, -0.05) is 0 Å². The number of carbonyl (C=O) groups excluding carboxylic acids is 1. The molecule has 24 heavy (non-hydrogen) atoms. The third-order valence-corrected chi connectivity index (χ3v) is 4.02. The summed E-state index contributed by atoms with van der Waals surface area (Å²) < 4.78 is 0. The number of hydrogen-bond acceptors (Lipinski definition) is 4. The quantitative estimate of drug-likeness (QED) is 0.593. The second kappa shape index (κ2) is 5.42. The zero-order chi connectivity index (χ0) is 16.7. The second-order valence-corrected chi connectivity index (χ2v) is 5.69. The molecule has 0 aliphatic heterocycles. The lowest BCUT2D eigenvalue weighted by Crippen LogP contribution is -2.12. The monoisotopic (exact) mass is 317 g/mol. The second-order valence-electron chi connectivity index (χ2n) is 5.69. The lowest BCUT2D eigenvalue weighted by molar-refractivity contribution is 0.102. The van der Waals surface area contributed by atoms with E-state index in [4.69, 9.17) is 0 Å². The van der Waals surface area contributed by atoms with Crippen molar-refractivity contribution in [3.8, 4) is 0 Å². The fourth-order valence-electron chi connectivity index (χ4n) is 2.59. The van der Waals surface area contributed by atoms with E-state index in [1.54, 1.807) is 18.5 Å². The average molecular weight is 317 g/mol. The van der Waals surface area contributed by atoms with Crippen LogP contribution in [0.2, 0.25) is 0 Å². The van der Waals surface area contributed by atoms with Crippen molar-refractivity contribution in [3.63, 3.8) is 0 Å². The molecule has 0 fully saturated rings. The van der Waals surface area contributed by atoms with Crippen LogP contribution < -0.4 is 5.32 Å². The summed E-state index contributed by atoms with van der Waals surface area (Å²) in [6.45, 7) is 3.84. The van der Waals surface area contributed by atoms with Crippen molar-refractivity contribution < 1.29 is 4.79 Å². The molecule has 0 unspecified atom stereocenters. The van der Waals surface area contributed by atoms with Crippen LogP contribution in [0.15, 0.2) is 42.7 Å². The Balaban J connectivity index is 1.65. The molecule has 2 aromatic carbocycles. The Kier molecular flexibility index (Phi) is 3.23. The van der Waals surface area contributed by atoms with Gasteiger partial charge in [0.05, 0.1) is 39.8 Å². The van der Waals surface area contributed by atoms with E-state index in [1.807, 2.05) is 38.1 Å². The number of imidazole rings is 1. The minimum Gasteiger partial charge on any atom is -0.345 e. The van der Waals surface area contributed by atoms with E-state index >= 15 is 0 Å². The van der Waals surface area contributed by atoms with E-state index in [0.717, 1.165) is 33.5 Å². The Labute approximate surface area is 138 Å². The van der Waals surface area contributed by atoms with Gasteiger partial charge in [-0.25, -0.2) is 15.0 Å². The molecule has 0 saturated carbocycles. The van der Waals surface area contributed by atoms with Gasteiger partial charge in [0.1, 0.15) is 0 Å². The number of benzene rings is 2. The lowest BCUT2D eigenvalue weighted by Gasteiger charge is -2.07. The van der Waals surface area contributed by atoms with Crippen LogP contribution in [0.3, 0.4) is 0 Å². The number of aromatic amines is 1. The summed E-state index contributed by atoms with van der Waals surface area (Å²) in [6.07, 6.45) is 1.63. The first-order valence-electron chi connectivity index (χ1n) is 7.60. The molecule has 0 aliphatic rings. The van der Waals surface area contributed by atoms with Crippen molar-refractivity contribution in [1.29, 1.82) is 0 Å². The number of fused-ring (bicyclic) bond motifs is 2. The topological polar surface area (TPSA) is 83.6 Å². The first-order valence-corrected chi connectivity index (χ1v) is 7.60. The van der Waals surface area contributed by atoms with E-state index in [9.17, 15) is 4.79 Å². The Morgan fingerprint density at radius 1 is 0.958 bits per heavy atom. The maximum atomic E-state index is 12.5. The molecular formula is C18H15N5O. The van der Waals surface area contributed by atoms with E-state index < -0.39 is 0 Å². The summed E-state index contributed by atoms with van der Waals surface area (Å²) in [5.74, 6) is -0.184. The number of rotatable bonds is 2. The van der Waals surface area contributed by atoms with Gasteiger partial charge in [-0.3, -0.25) is 4.79 Å². The van der Waals surface area contributed by atoms with Crippen LogP contribution in [0.5, 0.6) is 0 Å². The molecule has 6 nitrogen and oxygen atoms in total. The molecule has 4 rings (SSSR count). The molecule has 1 amide bonds. The van der Waals surface area contributed by atoms with Crippen LogP contribution in [0.25, 0.3) is 22.1 Å². The third kappa shape index (κ3) is 2.48. The molecule has 2 N–H and O–H groups in total. The highest BCUT2D eigenvalue weighted by Crippen LogP contribution is 2.18. The molecule has 0 spiro atoms. The van der Waals surface area contributed by atoms with Crippen molar-refractivity contribution in [3.05, 3.63) is 59.7 Å². The zero-order valence-corrected chi connectivity index (χ0v) is 13.3. The normalized spacial score (nSPS) is 11.1. The van der Waals surface area contributed by atoms with E-state index in [2.05, 4.69) is 25.3 Å². The van der Waals surface area contributed by atoms with Crippen LogP contribution in [0.1, 0.15) is 21.7 Å². The van der Waals surface area contributed by atoms with Crippen LogP contribution in [-0.4, -0.2) is 25.8 Å². The number of aromatic nitrogens is 4. The SMILES string of the molecule is Cc1nc2ccc(C(=O)Nc3ccc4nc[nH]c4c3)cc2nc1C. The highest BCUT2D eigenvalue weighted by atomic mass is 16.1. The third-order valence-electron chi connectivity index (χ3n) is 4.02. The summed E-state index contributed by atoms with van der Waals surface area (Å²) >= 11 is 0. The number of carbonyl (C=O) groups is 1. The van der Waals surface area contributed by atoms with Gasteiger partial charge in [0, 0.05) is 11.3 Å². The highest BCUT2D eigenvalue weighted by Gasteiger charge is 2.10. The predicted molar refractivity (Wildman–Crippen MR) is 93.1 cm³/mol. The number of aryl methyl sites for hydroxylation is 2. The molecule has 4 aromatic rings. The van der Waals surface area contributed by atoms with Crippen molar-refractivity contribution in [2.45, 2.75) is 13.8 Å². The average Bonchev–Trinajstić information content (AvgIpc) is 3.03. The van der Waals surface area contributed by atoms with Gasteiger partial charge < -0.3 is 10.3 Å². The summed E-state index contributed by atoms with van der Waals surface area (Å²) in [5.41, 5.74) is 6.26. The maximum absolute atomic E-state index is 12.5. The number of H-pyrrole nitrogens is 1. The standard InChI is InChI=1S/C18H15N5O/c1-10-11(2)22-17-7-12(3-5-15(17)21-10)18(24)23-13-4-6-14-16(8-13)20-9-19-14/h3-9H,1-2H3,(H,19,20)(H,23,24). The Morgan fingerprint density at radius 2 is 1.71 bits per heavy atom. The fourth-order valence-corrected chi connectivity index (χ4v) is 2.59. The number of anilines is 1. The van der Waals surface area contributed by atoms with Crippen molar-refractivity contribution in [2.75, 3.05) is 5.32 Å². The largest absolute Gasteiger partial charge is 0.345 e. The molecule has 0 saturated heterocycles. The van der Waals surface area contributed by atoms with Crippen LogP contribution in [0, 0.1) is 13.8 Å². The minimum absolute atomic E-state index is 0.184. The number of nitrogens with one attached hydrogen (secondary N) is 2. The molecule has 2 aromatic heterocycles. The highest BCUT2D eigenvalue weighted by molar-refractivity contribution is 6.06. The van der Waals surface area contributed by atoms with Crippen LogP contribution in [-0.2, 0) is 0 Å². The number of amides is 1. The zero-order valence-electron chi connectivity index (χ0n) is 13.3. The molecule has 6 heteroatoms. The summed E-state index contributed by atoms with van der Waals surface area (Å²) in [4.78, 5) is 28.7. The first-order chi connectivity index (χ1) is 11.6. The van der Waals surface area contributed by atoms with Gasteiger partial charge in [-0.05, 0) is 50.2 Å². The van der Waals surface area contributed by atoms with Crippen molar-refractivity contribution in [1.82, 2.24) is 19.9 Å². The van der Waals surface area contributed by atoms with Gasteiger partial charge in [-0.2, -0.15) is 0 Å². The molecule has 2 heterocycles. The molecule has 118 valence electrons. The maximum Gasteiger partial charge on any atom is 0.255 e. The van der Waals surface area contributed by atoms with Gasteiger partial charge in [-0.15, -0.1) is 0 Å². The van der Waals surface area contributed by atoms with E-state index in [-0.39, 0.29) is 5.91 Å². The van der Waals surface area contributed by atoms with Gasteiger partial charge in [0.2, 0.25) is 0 Å². The van der Waals surface area contributed by atoms with E-state index in [1.165, 1.54) is 0 Å². The Morgan fingerprint density at radius 3 is 2.54 bits per heavy atom. The Bertz CT molecular complexity index is 1080. The predicted octanol–water partition coefficient (Wildman–Crippen LogP) is 3.38. The van der Waals surface area contributed by atoms with Crippen molar-refractivity contribution >= 4 is 33.7 Å². The first kappa shape index (κ1) is 14.3. The fraction of sp³-hybridized carbons (Fsp3) is 0.111. The molecule has 0 atom stereocenters. The summed E-state index contributed by atoms with van der Waals surface area (Å²) in [6, 6.07) is 10.9. The van der Waals surface area contributed by atoms with Gasteiger partial charge >= 0.3 is 0 Å². The smallest absolute Gasteiger partial charge is 0.255 e. The van der Waals surface area contributed by atoms with E-state index in [0.29, 0.717) is 11.3 Å². The lowest BCUT2D eigenvalue weighted by atomic mass is 10.1. The summed E-state index contributed by atoms with van der Waals surface area (Å²) in [7, 11) is 0. The molecule has 0 radical (unpaired) electrons. The molecule has 0 aliphatic carbocycles. The number of hydrogen-bond donors (Lipinski definition) is 2. The van der Waals surface area contributed by atoms with Gasteiger partial charge in [0.15, 0.2) is 0 Å². The van der Waals surface area contributed by atoms with Crippen LogP contribution in [0.4, 0.5) is 5.69 Å². The Hall–Kier alpha value is -3.28.